The van der Waals surface area contributed by atoms with Crippen molar-refractivity contribution in [3.05, 3.63) is 0 Å². The summed E-state index contributed by atoms with van der Waals surface area (Å²) in [7, 11) is 0. The van der Waals surface area contributed by atoms with Crippen molar-refractivity contribution in [2.75, 3.05) is 6.61 Å². The van der Waals surface area contributed by atoms with Crippen LogP contribution in [0.2, 0.25) is 0 Å². The third-order valence-electron chi connectivity index (χ3n) is 3.15. The third kappa shape index (κ3) is 4.24. The first kappa shape index (κ1) is 12.5. The summed E-state index contributed by atoms with van der Waals surface area (Å²) in [4.78, 5) is 0. The first-order valence-electron chi connectivity index (χ1n) is 6.11. The summed E-state index contributed by atoms with van der Waals surface area (Å²) in [6, 6.07) is 1.08. The first-order valence-corrected chi connectivity index (χ1v) is 6.11. The Hall–Kier alpha value is -0.520. The summed E-state index contributed by atoms with van der Waals surface area (Å²) in [5.74, 6) is 2.74. The average molecular weight is 209 g/mol. The van der Waals surface area contributed by atoms with Gasteiger partial charge in [0.2, 0.25) is 0 Å². The molecule has 0 radical (unpaired) electrons. The number of hydrogen-bond donors (Lipinski definition) is 1. The molecule has 1 rings (SSSR count). The fourth-order valence-electron chi connectivity index (χ4n) is 2.11. The van der Waals surface area contributed by atoms with E-state index in [1.165, 1.54) is 0 Å². The molecular formula is C13H23NO. The van der Waals surface area contributed by atoms with E-state index in [4.69, 9.17) is 11.2 Å². The van der Waals surface area contributed by atoms with Gasteiger partial charge in [0, 0.05) is 25.1 Å². The van der Waals surface area contributed by atoms with Gasteiger partial charge in [-0.25, -0.2) is 0 Å². The van der Waals surface area contributed by atoms with Crippen LogP contribution in [0.3, 0.4) is 0 Å². The van der Waals surface area contributed by atoms with Crippen LogP contribution < -0.4 is 5.32 Å². The summed E-state index contributed by atoms with van der Waals surface area (Å²) < 4.78 is 5.65. The van der Waals surface area contributed by atoms with E-state index in [-0.39, 0.29) is 0 Å². The molecular weight excluding hydrogens is 186 g/mol. The second kappa shape index (κ2) is 6.87. The van der Waals surface area contributed by atoms with Crippen LogP contribution in [0.4, 0.5) is 0 Å². The van der Waals surface area contributed by atoms with E-state index in [9.17, 15) is 0 Å². The van der Waals surface area contributed by atoms with Crippen LogP contribution in [-0.2, 0) is 4.74 Å². The van der Waals surface area contributed by atoms with Crippen molar-refractivity contribution in [2.45, 2.75) is 64.1 Å². The molecule has 1 fully saturated rings. The SMILES string of the molecule is C#CCC(CC)NC1CCOC(CC)C1. The Balaban J connectivity index is 2.33. The first-order chi connectivity index (χ1) is 7.30. The Bertz CT molecular complexity index is 209. The lowest BCUT2D eigenvalue weighted by Crippen LogP contribution is -2.43. The van der Waals surface area contributed by atoms with Crippen LogP contribution >= 0.6 is 0 Å². The lowest BCUT2D eigenvalue weighted by Gasteiger charge is -2.32. The normalized spacial score (nSPS) is 28.3. The van der Waals surface area contributed by atoms with Crippen LogP contribution in [0, 0.1) is 12.3 Å². The predicted octanol–water partition coefficient (Wildman–Crippen LogP) is 2.34. The molecule has 86 valence electrons. The van der Waals surface area contributed by atoms with E-state index >= 15 is 0 Å². The Morgan fingerprint density at radius 2 is 2.33 bits per heavy atom. The molecule has 3 unspecified atom stereocenters. The van der Waals surface area contributed by atoms with Crippen molar-refractivity contribution in [1.82, 2.24) is 5.32 Å². The van der Waals surface area contributed by atoms with Gasteiger partial charge in [0.1, 0.15) is 0 Å². The maximum Gasteiger partial charge on any atom is 0.0587 e. The monoisotopic (exact) mass is 209 g/mol. The molecule has 1 aliphatic heterocycles. The van der Waals surface area contributed by atoms with Gasteiger partial charge in [0.25, 0.3) is 0 Å². The average Bonchev–Trinajstić information content (AvgIpc) is 2.29. The summed E-state index contributed by atoms with van der Waals surface area (Å²) in [5.41, 5.74) is 0. The Kier molecular flexibility index (Phi) is 5.75. The molecule has 3 atom stereocenters. The number of hydrogen-bond acceptors (Lipinski definition) is 2. The maximum atomic E-state index is 5.65. The van der Waals surface area contributed by atoms with Crippen molar-refractivity contribution >= 4 is 0 Å². The molecule has 1 aliphatic rings. The van der Waals surface area contributed by atoms with Gasteiger partial charge in [0.05, 0.1) is 6.10 Å². The van der Waals surface area contributed by atoms with Crippen molar-refractivity contribution < 1.29 is 4.74 Å². The van der Waals surface area contributed by atoms with E-state index in [0.717, 1.165) is 38.7 Å². The summed E-state index contributed by atoms with van der Waals surface area (Å²) in [6.07, 6.45) is 11.1. The van der Waals surface area contributed by atoms with Gasteiger partial charge in [-0.15, -0.1) is 12.3 Å². The molecule has 1 saturated heterocycles. The van der Waals surface area contributed by atoms with E-state index < -0.39 is 0 Å². The number of terminal acetylenes is 1. The van der Waals surface area contributed by atoms with Crippen LogP contribution in [0.15, 0.2) is 0 Å². The number of rotatable bonds is 5. The molecule has 0 spiro atoms. The van der Waals surface area contributed by atoms with Gasteiger partial charge in [-0.05, 0) is 25.7 Å². The molecule has 0 aromatic rings. The lowest BCUT2D eigenvalue weighted by atomic mass is 9.99. The minimum absolute atomic E-state index is 0.444. The fraction of sp³-hybridized carbons (Fsp3) is 0.846. The summed E-state index contributed by atoms with van der Waals surface area (Å²) in [5, 5.41) is 3.65. The molecule has 0 amide bonds. The van der Waals surface area contributed by atoms with Gasteiger partial charge in [-0.2, -0.15) is 0 Å². The highest BCUT2D eigenvalue weighted by molar-refractivity contribution is 4.91. The second-order valence-electron chi connectivity index (χ2n) is 4.30. The number of nitrogens with one attached hydrogen (secondary N) is 1. The molecule has 1 N–H and O–H groups in total. The van der Waals surface area contributed by atoms with Gasteiger partial charge in [-0.1, -0.05) is 13.8 Å². The smallest absolute Gasteiger partial charge is 0.0587 e. The topological polar surface area (TPSA) is 21.3 Å². The van der Waals surface area contributed by atoms with Gasteiger partial charge in [-0.3, -0.25) is 0 Å². The van der Waals surface area contributed by atoms with E-state index in [1.807, 2.05) is 0 Å². The molecule has 2 heteroatoms. The standard InChI is InChI=1S/C13H23NO/c1-4-7-11(5-2)14-12-8-9-15-13(6-3)10-12/h1,11-14H,5-10H2,2-3H3. The van der Waals surface area contributed by atoms with Crippen LogP contribution in [0.25, 0.3) is 0 Å². The van der Waals surface area contributed by atoms with Gasteiger partial charge < -0.3 is 10.1 Å². The third-order valence-corrected chi connectivity index (χ3v) is 3.15. The lowest BCUT2D eigenvalue weighted by molar-refractivity contribution is -0.00192. The van der Waals surface area contributed by atoms with E-state index in [2.05, 4.69) is 25.1 Å². The predicted molar refractivity (Wildman–Crippen MR) is 63.7 cm³/mol. The Morgan fingerprint density at radius 3 is 2.93 bits per heavy atom. The molecule has 1 heterocycles. The minimum Gasteiger partial charge on any atom is -0.378 e. The highest BCUT2D eigenvalue weighted by Gasteiger charge is 2.22. The Morgan fingerprint density at radius 1 is 1.53 bits per heavy atom. The molecule has 2 nitrogen and oxygen atoms in total. The van der Waals surface area contributed by atoms with E-state index in [1.54, 1.807) is 0 Å². The second-order valence-corrected chi connectivity index (χ2v) is 4.30. The fourth-order valence-corrected chi connectivity index (χ4v) is 2.11. The van der Waals surface area contributed by atoms with Crippen molar-refractivity contribution in [2.24, 2.45) is 0 Å². The zero-order valence-corrected chi connectivity index (χ0v) is 9.96. The largest absolute Gasteiger partial charge is 0.378 e. The molecule has 0 saturated carbocycles. The molecule has 0 aromatic heterocycles. The zero-order chi connectivity index (χ0) is 11.1. The zero-order valence-electron chi connectivity index (χ0n) is 9.96. The molecule has 15 heavy (non-hydrogen) atoms. The van der Waals surface area contributed by atoms with E-state index in [0.29, 0.717) is 18.2 Å². The van der Waals surface area contributed by atoms with Gasteiger partial charge >= 0.3 is 0 Å². The summed E-state index contributed by atoms with van der Waals surface area (Å²) in [6.45, 7) is 5.26. The van der Waals surface area contributed by atoms with Crippen molar-refractivity contribution in [3.63, 3.8) is 0 Å². The molecule has 0 bridgehead atoms. The van der Waals surface area contributed by atoms with Crippen LogP contribution in [-0.4, -0.2) is 24.8 Å². The van der Waals surface area contributed by atoms with Crippen molar-refractivity contribution in [3.8, 4) is 12.3 Å². The molecule has 0 aliphatic carbocycles. The highest BCUT2D eigenvalue weighted by atomic mass is 16.5. The maximum absolute atomic E-state index is 5.65. The van der Waals surface area contributed by atoms with Crippen molar-refractivity contribution in [1.29, 1.82) is 0 Å². The minimum atomic E-state index is 0.444. The Labute approximate surface area is 93.8 Å². The quantitative estimate of drug-likeness (QED) is 0.702. The van der Waals surface area contributed by atoms with Gasteiger partial charge in [0.15, 0.2) is 0 Å². The highest BCUT2D eigenvalue weighted by Crippen LogP contribution is 2.17. The number of ether oxygens (including phenoxy) is 1. The van der Waals surface area contributed by atoms with Crippen LogP contribution in [0.1, 0.15) is 46.0 Å². The molecule has 0 aromatic carbocycles. The van der Waals surface area contributed by atoms with Crippen LogP contribution in [0.5, 0.6) is 0 Å². The summed E-state index contributed by atoms with van der Waals surface area (Å²) >= 11 is 0.